The molecule has 0 amide bonds. The molecule has 0 aliphatic heterocycles. The fourth-order valence-corrected chi connectivity index (χ4v) is 2.77. The van der Waals surface area contributed by atoms with E-state index in [0.717, 1.165) is 28.2 Å². The lowest BCUT2D eigenvalue weighted by molar-refractivity contribution is 0.936. The Kier molecular flexibility index (Phi) is 3.84. The van der Waals surface area contributed by atoms with Crippen LogP contribution in [0.2, 0.25) is 5.02 Å². The van der Waals surface area contributed by atoms with Gasteiger partial charge in [-0.2, -0.15) is 5.10 Å². The molecule has 6 heteroatoms. The van der Waals surface area contributed by atoms with Gasteiger partial charge in [-0.1, -0.05) is 35.9 Å². The highest BCUT2D eigenvalue weighted by molar-refractivity contribution is 6.33. The lowest BCUT2D eigenvalue weighted by atomic mass is 10.1. The van der Waals surface area contributed by atoms with Crippen LogP contribution in [0.3, 0.4) is 0 Å². The van der Waals surface area contributed by atoms with Gasteiger partial charge in [0, 0.05) is 41.3 Å². The summed E-state index contributed by atoms with van der Waals surface area (Å²) >= 11 is 6.31. The van der Waals surface area contributed by atoms with E-state index in [1.54, 1.807) is 16.9 Å². The molecule has 0 fully saturated rings. The van der Waals surface area contributed by atoms with Crippen molar-refractivity contribution in [2.75, 3.05) is 5.32 Å². The first-order valence-corrected chi connectivity index (χ1v) is 7.91. The monoisotopic (exact) mass is 335 g/mol. The first-order valence-electron chi connectivity index (χ1n) is 7.53. The number of aromatic nitrogens is 4. The minimum Gasteiger partial charge on any atom is -0.366 e. The average Bonchev–Trinajstić information content (AvgIpc) is 3.04. The van der Waals surface area contributed by atoms with Gasteiger partial charge in [-0.15, -0.1) is 0 Å². The number of hydrogen-bond acceptors (Lipinski definition) is 4. The van der Waals surface area contributed by atoms with E-state index >= 15 is 0 Å². The third-order valence-corrected chi connectivity index (χ3v) is 4.06. The highest BCUT2D eigenvalue weighted by Crippen LogP contribution is 2.30. The van der Waals surface area contributed by atoms with Gasteiger partial charge in [0.25, 0.3) is 0 Å². The first-order chi connectivity index (χ1) is 11.8. The van der Waals surface area contributed by atoms with Crippen LogP contribution < -0.4 is 5.32 Å². The Hall–Kier alpha value is -2.92. The van der Waals surface area contributed by atoms with Gasteiger partial charge in [-0.05, 0) is 23.8 Å². The fraction of sp³-hybridized carbons (Fsp3) is 0.0556. The zero-order valence-electron chi connectivity index (χ0n) is 12.7. The average molecular weight is 336 g/mol. The van der Waals surface area contributed by atoms with Gasteiger partial charge in [0.05, 0.1) is 6.20 Å². The summed E-state index contributed by atoms with van der Waals surface area (Å²) in [5, 5.41) is 8.35. The number of nitrogens with one attached hydrogen (secondary N) is 1. The number of anilines is 1. The largest absolute Gasteiger partial charge is 0.366 e. The standard InChI is InChI=1S/C18H14ClN5/c19-16-6-2-1-5-14(16)15-12-22-24-9-7-17(23-18(15)24)21-11-13-4-3-8-20-10-13/h1-10,12H,11H2,(H,21,23). The minimum absolute atomic E-state index is 0.659. The van der Waals surface area contributed by atoms with E-state index in [1.807, 2.05) is 54.9 Å². The van der Waals surface area contributed by atoms with E-state index in [4.69, 9.17) is 11.6 Å². The number of fused-ring (bicyclic) bond motifs is 1. The van der Waals surface area contributed by atoms with E-state index in [2.05, 4.69) is 20.4 Å². The molecule has 0 bridgehead atoms. The second kappa shape index (κ2) is 6.29. The van der Waals surface area contributed by atoms with Crippen LogP contribution in [0.5, 0.6) is 0 Å². The molecule has 0 aliphatic rings. The molecule has 24 heavy (non-hydrogen) atoms. The summed E-state index contributed by atoms with van der Waals surface area (Å²) in [5.74, 6) is 0.778. The van der Waals surface area contributed by atoms with Crippen LogP contribution in [0, 0.1) is 0 Å². The molecule has 1 aromatic carbocycles. The molecule has 0 aliphatic carbocycles. The van der Waals surface area contributed by atoms with Gasteiger partial charge >= 0.3 is 0 Å². The number of halogens is 1. The second-order valence-corrected chi connectivity index (χ2v) is 5.74. The van der Waals surface area contributed by atoms with Crippen LogP contribution in [0.1, 0.15) is 5.56 Å². The van der Waals surface area contributed by atoms with Crippen molar-refractivity contribution < 1.29 is 0 Å². The second-order valence-electron chi connectivity index (χ2n) is 5.33. The number of benzene rings is 1. The summed E-state index contributed by atoms with van der Waals surface area (Å²) in [5.41, 5.74) is 3.69. The third-order valence-electron chi connectivity index (χ3n) is 3.73. The number of rotatable bonds is 4. The molecular weight excluding hydrogens is 322 g/mol. The minimum atomic E-state index is 0.659. The van der Waals surface area contributed by atoms with Crippen LogP contribution >= 0.6 is 11.6 Å². The molecule has 118 valence electrons. The molecule has 0 spiro atoms. The Labute approximate surface area is 144 Å². The van der Waals surface area contributed by atoms with Gasteiger partial charge in [-0.3, -0.25) is 4.98 Å². The molecule has 0 atom stereocenters. The van der Waals surface area contributed by atoms with Crippen molar-refractivity contribution in [2.45, 2.75) is 6.54 Å². The molecule has 0 unspecified atom stereocenters. The van der Waals surface area contributed by atoms with Crippen molar-refractivity contribution >= 4 is 23.1 Å². The molecule has 5 nitrogen and oxygen atoms in total. The van der Waals surface area contributed by atoms with Crippen molar-refractivity contribution in [1.82, 2.24) is 19.6 Å². The number of hydrogen-bond donors (Lipinski definition) is 1. The van der Waals surface area contributed by atoms with Crippen LogP contribution in [-0.4, -0.2) is 19.6 Å². The summed E-state index contributed by atoms with van der Waals surface area (Å²) in [6, 6.07) is 13.5. The van der Waals surface area contributed by atoms with Gasteiger partial charge in [-0.25, -0.2) is 9.50 Å². The summed E-state index contributed by atoms with van der Waals surface area (Å²) in [6.07, 6.45) is 7.26. The number of nitrogens with zero attached hydrogens (tertiary/aromatic N) is 4. The van der Waals surface area contributed by atoms with Crippen molar-refractivity contribution in [2.24, 2.45) is 0 Å². The van der Waals surface area contributed by atoms with Gasteiger partial charge in [0.2, 0.25) is 0 Å². The van der Waals surface area contributed by atoms with Crippen LogP contribution in [0.4, 0.5) is 5.82 Å². The first kappa shape index (κ1) is 14.7. The maximum atomic E-state index is 6.31. The molecule has 4 aromatic rings. The molecule has 0 saturated heterocycles. The van der Waals surface area contributed by atoms with E-state index in [1.165, 1.54) is 0 Å². The topological polar surface area (TPSA) is 55.1 Å². The van der Waals surface area contributed by atoms with Crippen molar-refractivity contribution in [1.29, 1.82) is 0 Å². The van der Waals surface area contributed by atoms with E-state index < -0.39 is 0 Å². The highest BCUT2D eigenvalue weighted by atomic mass is 35.5. The lowest BCUT2D eigenvalue weighted by Gasteiger charge is -2.07. The quantitative estimate of drug-likeness (QED) is 0.611. The SMILES string of the molecule is Clc1ccccc1-c1cnn2ccc(NCc3cccnc3)nc12. The van der Waals surface area contributed by atoms with Crippen LogP contribution in [0.15, 0.2) is 67.3 Å². The summed E-state index contributed by atoms with van der Waals surface area (Å²) in [6.45, 7) is 0.659. The van der Waals surface area contributed by atoms with Gasteiger partial charge in [0.1, 0.15) is 5.82 Å². The smallest absolute Gasteiger partial charge is 0.165 e. The van der Waals surface area contributed by atoms with Gasteiger partial charge < -0.3 is 5.32 Å². The Morgan fingerprint density at radius 1 is 1.00 bits per heavy atom. The Morgan fingerprint density at radius 3 is 2.75 bits per heavy atom. The zero-order valence-corrected chi connectivity index (χ0v) is 13.5. The van der Waals surface area contributed by atoms with Crippen LogP contribution in [-0.2, 0) is 6.54 Å². The predicted octanol–water partition coefficient (Wildman–Crippen LogP) is 4.06. The van der Waals surface area contributed by atoms with Crippen molar-refractivity contribution in [3.63, 3.8) is 0 Å². The van der Waals surface area contributed by atoms with Crippen molar-refractivity contribution in [3.05, 3.63) is 77.8 Å². The molecular formula is C18H14ClN5. The summed E-state index contributed by atoms with van der Waals surface area (Å²) in [4.78, 5) is 8.79. The normalized spacial score (nSPS) is 10.9. The van der Waals surface area contributed by atoms with Gasteiger partial charge in [0.15, 0.2) is 5.65 Å². The Balaban J connectivity index is 1.67. The maximum absolute atomic E-state index is 6.31. The maximum Gasteiger partial charge on any atom is 0.165 e. The third kappa shape index (κ3) is 2.81. The van der Waals surface area contributed by atoms with Crippen molar-refractivity contribution in [3.8, 4) is 11.1 Å². The zero-order chi connectivity index (χ0) is 16.4. The number of pyridine rings is 1. The van der Waals surface area contributed by atoms with E-state index in [0.29, 0.717) is 11.6 Å². The molecule has 1 N–H and O–H groups in total. The van der Waals surface area contributed by atoms with Crippen LogP contribution in [0.25, 0.3) is 16.8 Å². The molecule has 0 radical (unpaired) electrons. The lowest BCUT2D eigenvalue weighted by Crippen LogP contribution is -2.03. The molecule has 3 heterocycles. The summed E-state index contributed by atoms with van der Waals surface area (Å²) in [7, 11) is 0. The fourth-order valence-electron chi connectivity index (χ4n) is 2.53. The molecule has 0 saturated carbocycles. The predicted molar refractivity (Wildman–Crippen MR) is 95.0 cm³/mol. The Morgan fingerprint density at radius 2 is 1.92 bits per heavy atom. The van der Waals surface area contributed by atoms with E-state index in [-0.39, 0.29) is 0 Å². The molecule has 3 aromatic heterocycles. The Bertz CT molecular complexity index is 981. The van der Waals surface area contributed by atoms with E-state index in [9.17, 15) is 0 Å². The highest BCUT2D eigenvalue weighted by Gasteiger charge is 2.11. The summed E-state index contributed by atoms with van der Waals surface area (Å²) < 4.78 is 1.74. The molecule has 4 rings (SSSR count).